The molecule has 0 amide bonds. The predicted octanol–water partition coefficient (Wildman–Crippen LogP) is 3.50. The van der Waals surface area contributed by atoms with E-state index < -0.39 is 0 Å². The van der Waals surface area contributed by atoms with Crippen LogP contribution in [0.15, 0.2) is 42.6 Å². The normalized spacial score (nSPS) is 17.4. The summed E-state index contributed by atoms with van der Waals surface area (Å²) in [5, 5.41) is 0. The van der Waals surface area contributed by atoms with E-state index in [1.54, 1.807) is 0 Å². The van der Waals surface area contributed by atoms with Gasteiger partial charge in [-0.2, -0.15) is 0 Å². The zero-order valence-corrected chi connectivity index (χ0v) is 10.8. The van der Waals surface area contributed by atoms with Crippen LogP contribution < -0.4 is 0 Å². The van der Waals surface area contributed by atoms with Crippen molar-refractivity contribution >= 4 is 0 Å². The van der Waals surface area contributed by atoms with Gasteiger partial charge >= 0.3 is 0 Å². The third kappa shape index (κ3) is 1.93. The van der Waals surface area contributed by atoms with Gasteiger partial charge in [0, 0.05) is 18.2 Å². The molecule has 0 saturated heterocycles. The minimum absolute atomic E-state index is 0.0265. The van der Waals surface area contributed by atoms with Gasteiger partial charge in [-0.3, -0.25) is 4.98 Å². The monoisotopic (exact) mass is 239 g/mol. The Morgan fingerprint density at radius 2 is 1.89 bits per heavy atom. The first kappa shape index (κ1) is 11.4. The minimum Gasteiger partial charge on any atom is -0.366 e. The van der Waals surface area contributed by atoms with E-state index in [2.05, 4.69) is 49.2 Å². The number of hydrogen-bond acceptors (Lipinski definition) is 2. The third-order valence-corrected chi connectivity index (χ3v) is 3.31. The van der Waals surface area contributed by atoms with Gasteiger partial charge in [-0.1, -0.05) is 30.3 Å². The molecule has 1 heterocycles. The molecule has 1 aliphatic carbocycles. The second-order valence-corrected chi connectivity index (χ2v) is 4.98. The highest BCUT2D eigenvalue weighted by Gasteiger charge is 2.27. The number of ether oxygens (including phenoxy) is 1. The van der Waals surface area contributed by atoms with Gasteiger partial charge in [-0.25, -0.2) is 0 Å². The topological polar surface area (TPSA) is 22.1 Å². The third-order valence-electron chi connectivity index (χ3n) is 3.31. The number of hydrogen-bond donors (Lipinski definition) is 0. The zero-order valence-electron chi connectivity index (χ0n) is 10.8. The molecule has 1 aromatic carbocycles. The van der Waals surface area contributed by atoms with Crippen molar-refractivity contribution < 1.29 is 4.74 Å². The van der Waals surface area contributed by atoms with Crippen molar-refractivity contribution in [1.82, 2.24) is 4.98 Å². The van der Waals surface area contributed by atoms with E-state index in [0.717, 1.165) is 12.1 Å². The number of rotatable bonds is 2. The first-order valence-electron chi connectivity index (χ1n) is 6.43. The Hall–Kier alpha value is -1.67. The molecule has 2 nitrogen and oxygen atoms in total. The van der Waals surface area contributed by atoms with Crippen molar-refractivity contribution in [3.8, 4) is 0 Å². The molecule has 18 heavy (non-hydrogen) atoms. The van der Waals surface area contributed by atoms with E-state index in [-0.39, 0.29) is 12.2 Å². The lowest BCUT2D eigenvalue weighted by atomic mass is 9.86. The first-order chi connectivity index (χ1) is 8.75. The van der Waals surface area contributed by atoms with E-state index in [0.29, 0.717) is 0 Å². The van der Waals surface area contributed by atoms with Crippen molar-refractivity contribution in [3.63, 3.8) is 0 Å². The molecule has 0 N–H and O–H groups in total. The first-order valence-corrected chi connectivity index (χ1v) is 6.43. The largest absolute Gasteiger partial charge is 0.366 e. The molecule has 0 saturated carbocycles. The Morgan fingerprint density at radius 3 is 2.72 bits per heavy atom. The predicted molar refractivity (Wildman–Crippen MR) is 71.5 cm³/mol. The van der Waals surface area contributed by atoms with Gasteiger partial charge in [0.05, 0.1) is 11.8 Å². The summed E-state index contributed by atoms with van der Waals surface area (Å²) in [6.45, 7) is 4.15. The SMILES string of the molecule is CC(C)OC1c2ccccc2Cc2ncccc21. The quantitative estimate of drug-likeness (QED) is 0.800. The van der Waals surface area contributed by atoms with Crippen molar-refractivity contribution in [1.29, 1.82) is 0 Å². The fourth-order valence-corrected chi connectivity index (χ4v) is 2.55. The molecule has 1 unspecified atom stereocenters. The van der Waals surface area contributed by atoms with Crippen LogP contribution in [0.5, 0.6) is 0 Å². The number of pyridine rings is 1. The summed E-state index contributed by atoms with van der Waals surface area (Å²) >= 11 is 0. The highest BCUT2D eigenvalue weighted by atomic mass is 16.5. The van der Waals surface area contributed by atoms with Gasteiger partial charge in [0.1, 0.15) is 6.10 Å². The lowest BCUT2D eigenvalue weighted by Crippen LogP contribution is -2.20. The highest BCUT2D eigenvalue weighted by molar-refractivity contribution is 5.45. The molecular formula is C16H17NO. The van der Waals surface area contributed by atoms with Crippen molar-refractivity contribution in [3.05, 3.63) is 65.0 Å². The Labute approximate surface area is 108 Å². The maximum Gasteiger partial charge on any atom is 0.110 e. The molecule has 92 valence electrons. The summed E-state index contributed by atoms with van der Waals surface area (Å²) in [5.74, 6) is 0. The summed E-state index contributed by atoms with van der Waals surface area (Å²) in [4.78, 5) is 4.50. The number of nitrogens with zero attached hydrogens (tertiary/aromatic N) is 1. The van der Waals surface area contributed by atoms with Gasteiger partial charge in [-0.15, -0.1) is 0 Å². The molecule has 0 aliphatic heterocycles. The molecule has 0 spiro atoms. The summed E-state index contributed by atoms with van der Waals surface area (Å²) in [6.07, 6.45) is 3.00. The maximum atomic E-state index is 6.10. The van der Waals surface area contributed by atoms with Gasteiger partial charge in [-0.05, 0) is 31.0 Å². The van der Waals surface area contributed by atoms with Crippen LogP contribution >= 0.6 is 0 Å². The molecule has 0 radical (unpaired) electrons. The van der Waals surface area contributed by atoms with Gasteiger partial charge in [0.25, 0.3) is 0 Å². The van der Waals surface area contributed by atoms with Crippen LogP contribution in [0.25, 0.3) is 0 Å². The smallest absolute Gasteiger partial charge is 0.110 e. The number of aromatic nitrogens is 1. The van der Waals surface area contributed by atoms with Crippen LogP contribution in [0.1, 0.15) is 42.3 Å². The van der Waals surface area contributed by atoms with Crippen molar-refractivity contribution in [2.75, 3.05) is 0 Å². The van der Waals surface area contributed by atoms with E-state index in [1.165, 1.54) is 16.7 Å². The summed E-state index contributed by atoms with van der Waals surface area (Å²) in [5.41, 5.74) is 4.97. The second kappa shape index (κ2) is 4.54. The van der Waals surface area contributed by atoms with Gasteiger partial charge in [0.15, 0.2) is 0 Å². The lowest BCUT2D eigenvalue weighted by Gasteiger charge is -2.29. The molecule has 0 fully saturated rings. The van der Waals surface area contributed by atoms with Crippen LogP contribution in [-0.2, 0) is 11.2 Å². The maximum absolute atomic E-state index is 6.10. The van der Waals surface area contributed by atoms with E-state index in [9.17, 15) is 0 Å². The molecule has 3 rings (SSSR count). The molecular weight excluding hydrogens is 222 g/mol. The van der Waals surface area contributed by atoms with E-state index in [4.69, 9.17) is 4.74 Å². The fourth-order valence-electron chi connectivity index (χ4n) is 2.55. The summed E-state index contributed by atoms with van der Waals surface area (Å²) in [6, 6.07) is 12.6. The second-order valence-electron chi connectivity index (χ2n) is 4.98. The molecule has 2 heteroatoms. The molecule has 0 bridgehead atoms. The van der Waals surface area contributed by atoms with E-state index >= 15 is 0 Å². The lowest BCUT2D eigenvalue weighted by molar-refractivity contribution is 0.0281. The number of fused-ring (bicyclic) bond motifs is 2. The van der Waals surface area contributed by atoms with Gasteiger partial charge < -0.3 is 4.74 Å². The number of benzene rings is 1. The van der Waals surface area contributed by atoms with Crippen molar-refractivity contribution in [2.24, 2.45) is 0 Å². The van der Waals surface area contributed by atoms with E-state index in [1.807, 2.05) is 12.3 Å². The van der Waals surface area contributed by atoms with Crippen LogP contribution in [0.4, 0.5) is 0 Å². The molecule has 1 aliphatic rings. The Kier molecular flexibility index (Phi) is 2.88. The fraction of sp³-hybridized carbons (Fsp3) is 0.312. The average Bonchev–Trinajstić information content (AvgIpc) is 2.38. The molecule has 2 aromatic rings. The molecule has 1 atom stereocenters. The Morgan fingerprint density at radius 1 is 1.11 bits per heavy atom. The van der Waals surface area contributed by atoms with Crippen LogP contribution in [0.2, 0.25) is 0 Å². The van der Waals surface area contributed by atoms with Crippen LogP contribution in [0, 0.1) is 0 Å². The van der Waals surface area contributed by atoms with Crippen molar-refractivity contribution in [2.45, 2.75) is 32.5 Å². The zero-order chi connectivity index (χ0) is 12.5. The standard InChI is InChI=1S/C16H17NO/c1-11(2)18-16-13-7-4-3-6-12(13)10-15-14(16)8-5-9-17-15/h3-9,11,16H,10H2,1-2H3. The van der Waals surface area contributed by atoms with Crippen LogP contribution in [0.3, 0.4) is 0 Å². The summed E-state index contributed by atoms with van der Waals surface area (Å²) in [7, 11) is 0. The molecule has 1 aromatic heterocycles. The Bertz CT molecular complexity index is 517. The van der Waals surface area contributed by atoms with Gasteiger partial charge in [0.2, 0.25) is 0 Å². The summed E-state index contributed by atoms with van der Waals surface area (Å²) < 4.78 is 6.10. The van der Waals surface area contributed by atoms with Crippen LogP contribution in [-0.4, -0.2) is 11.1 Å². The minimum atomic E-state index is 0.0265. The Balaban J connectivity index is 2.11. The average molecular weight is 239 g/mol. The highest BCUT2D eigenvalue weighted by Crippen LogP contribution is 2.36.